The van der Waals surface area contributed by atoms with Gasteiger partial charge in [0.25, 0.3) is 20.2 Å². The number of nitrogens with zero attached hydrogens (tertiary/aromatic N) is 5. The Morgan fingerprint density at radius 2 is 1.60 bits per heavy atom. The normalized spacial score (nSPS) is 17.5. The maximum absolute atomic E-state index is 12.2. The number of benzene rings is 2. The second-order valence-electron chi connectivity index (χ2n) is 13.0. The molecule has 3 N–H and O–H groups in total. The minimum atomic E-state index is -4.41. The van der Waals surface area contributed by atoms with E-state index in [-0.39, 0.29) is 15.7 Å². The van der Waals surface area contributed by atoms with E-state index in [9.17, 15) is 30.7 Å². The number of carbonyl (C=O) groups is 1. The van der Waals surface area contributed by atoms with Gasteiger partial charge in [0.2, 0.25) is 11.6 Å². The molecule has 0 aromatic heterocycles. The molecule has 13 nitrogen and oxygen atoms in total. The molecule has 2 heterocycles. The Hall–Kier alpha value is -4.01. The molecule has 0 bridgehead atoms. The Balaban J connectivity index is 1.56. The van der Waals surface area contributed by atoms with Crippen molar-refractivity contribution in [1.29, 1.82) is 0 Å². The molecule has 0 saturated carbocycles. The number of rotatable bonds is 14. The predicted octanol–water partition coefficient (Wildman–Crippen LogP) is 5.80. The number of amides is 1. The van der Waals surface area contributed by atoms with Crippen molar-refractivity contribution in [3.63, 3.8) is 0 Å². The van der Waals surface area contributed by atoms with Gasteiger partial charge in [-0.1, -0.05) is 31.5 Å². The molecule has 0 fully saturated rings. The van der Waals surface area contributed by atoms with Gasteiger partial charge in [-0.3, -0.25) is 13.9 Å². The van der Waals surface area contributed by atoms with Gasteiger partial charge in [-0.25, -0.2) is 0 Å². The van der Waals surface area contributed by atoms with Crippen LogP contribution in [-0.2, 0) is 35.9 Å². The number of azide groups is 1. The fraction of sp³-hybridized carbons (Fsp3) is 0.455. The first-order valence-corrected chi connectivity index (χ1v) is 18.6. The Bertz CT molecular complexity index is 1960. The third-order valence-electron chi connectivity index (χ3n) is 9.08. The molecule has 48 heavy (non-hydrogen) atoms. The summed E-state index contributed by atoms with van der Waals surface area (Å²) in [6.45, 7) is 9.36. The molecule has 0 spiro atoms. The number of allylic oxidation sites excluding steroid dienone is 4. The molecule has 0 saturated heterocycles. The molecular formula is C33H43N6O7S2+. The summed E-state index contributed by atoms with van der Waals surface area (Å²) in [5.74, 6) is -0.0549. The zero-order valence-corrected chi connectivity index (χ0v) is 29.5. The van der Waals surface area contributed by atoms with E-state index in [1.807, 2.05) is 57.5 Å². The molecule has 4 rings (SSSR count). The lowest BCUT2D eigenvalue weighted by Gasteiger charge is -2.27. The van der Waals surface area contributed by atoms with Crippen molar-refractivity contribution in [1.82, 2.24) is 5.32 Å². The van der Waals surface area contributed by atoms with Crippen LogP contribution in [0.4, 0.5) is 11.4 Å². The maximum Gasteiger partial charge on any atom is 0.294 e. The van der Waals surface area contributed by atoms with Gasteiger partial charge in [-0.15, -0.1) is 0 Å². The minimum Gasteiger partial charge on any atom is -0.356 e. The van der Waals surface area contributed by atoms with E-state index in [0.29, 0.717) is 38.9 Å². The van der Waals surface area contributed by atoms with E-state index in [1.165, 1.54) is 24.3 Å². The van der Waals surface area contributed by atoms with Gasteiger partial charge in [-0.2, -0.15) is 21.4 Å². The third-order valence-corrected chi connectivity index (χ3v) is 10.8. The van der Waals surface area contributed by atoms with Crippen LogP contribution in [0, 0.1) is 0 Å². The Labute approximate surface area is 282 Å². The van der Waals surface area contributed by atoms with Crippen LogP contribution in [0.5, 0.6) is 0 Å². The van der Waals surface area contributed by atoms with E-state index in [2.05, 4.69) is 20.2 Å². The molecule has 2 aliphatic heterocycles. The molecule has 2 aromatic carbocycles. The summed E-state index contributed by atoms with van der Waals surface area (Å²) < 4.78 is 69.0. The standard InChI is InChI=1S/C33H42N6O7S2/c1-32(2)25-21-23(47(41,42)43)14-16-27(25)38(5)29(32)11-9-12-30-33(3,4)26-22-24(48(44,45)46)15-17-28(26)39(30)20-8-6-7-13-31(40)35-18-10-19-36-37-34/h9,11-12,14-17,21-22H,6-8,10,13,18-20H2,1-5H3,(H2-,35,40,41,42,43,44,45,46)/p+1. The van der Waals surface area contributed by atoms with Crippen LogP contribution in [-0.4, -0.2) is 68.8 Å². The molecular weight excluding hydrogens is 657 g/mol. The smallest absolute Gasteiger partial charge is 0.294 e. The highest BCUT2D eigenvalue weighted by molar-refractivity contribution is 7.86. The molecule has 1 amide bonds. The van der Waals surface area contributed by atoms with Gasteiger partial charge < -0.3 is 10.2 Å². The summed E-state index contributed by atoms with van der Waals surface area (Å²) in [5.41, 5.74) is 12.2. The number of unbranched alkanes of at least 4 members (excludes halogenated alkanes) is 2. The van der Waals surface area contributed by atoms with E-state index >= 15 is 0 Å². The quantitative estimate of drug-likeness (QED) is 0.0550. The zero-order valence-electron chi connectivity index (χ0n) is 27.8. The SMILES string of the molecule is C[N+]1=C(C=CC=C2N(CCCCCC(=O)NCCCN=[N+]=[N-])c3ccc(S(=O)(=O)O)cc3C2(C)C)C(C)(C)c2cc(S(=O)(=O)O)ccc21. The van der Waals surface area contributed by atoms with Crippen molar-refractivity contribution in [3.8, 4) is 0 Å². The van der Waals surface area contributed by atoms with Gasteiger partial charge in [0.05, 0.1) is 15.2 Å². The van der Waals surface area contributed by atoms with Crippen molar-refractivity contribution in [2.24, 2.45) is 5.11 Å². The number of carbonyl (C=O) groups excluding carboxylic acids is 1. The highest BCUT2D eigenvalue weighted by Gasteiger charge is 2.44. The lowest BCUT2D eigenvalue weighted by atomic mass is 9.81. The first kappa shape index (κ1) is 36.8. The van der Waals surface area contributed by atoms with Gasteiger partial charge in [0.15, 0.2) is 5.71 Å². The zero-order chi connectivity index (χ0) is 35.5. The average Bonchev–Trinajstić information content (AvgIpc) is 3.33. The highest BCUT2D eigenvalue weighted by atomic mass is 32.2. The average molecular weight is 700 g/mol. The molecule has 0 aliphatic carbocycles. The van der Waals surface area contributed by atoms with Gasteiger partial charge in [0.1, 0.15) is 7.05 Å². The first-order chi connectivity index (χ1) is 22.4. The number of hydrogen-bond donors (Lipinski definition) is 3. The van der Waals surface area contributed by atoms with Crippen molar-refractivity contribution in [2.75, 3.05) is 31.6 Å². The monoisotopic (exact) mass is 699 g/mol. The second-order valence-corrected chi connectivity index (χ2v) is 15.9. The number of hydrogen-bond acceptors (Lipinski definition) is 7. The fourth-order valence-electron chi connectivity index (χ4n) is 6.51. The van der Waals surface area contributed by atoms with E-state index < -0.39 is 31.1 Å². The number of anilines is 1. The second kappa shape index (κ2) is 14.2. The van der Waals surface area contributed by atoms with Crippen LogP contribution < -0.4 is 10.2 Å². The molecule has 2 aromatic rings. The predicted molar refractivity (Wildman–Crippen MR) is 184 cm³/mol. The van der Waals surface area contributed by atoms with E-state index in [4.69, 9.17) is 5.53 Å². The third kappa shape index (κ3) is 7.82. The molecule has 0 unspecified atom stereocenters. The van der Waals surface area contributed by atoms with Crippen molar-refractivity contribution in [3.05, 3.63) is 81.9 Å². The lowest BCUT2D eigenvalue weighted by molar-refractivity contribution is -0.401. The topological polar surface area (TPSA) is 193 Å². The van der Waals surface area contributed by atoms with Crippen LogP contribution in [0.1, 0.15) is 70.9 Å². The molecule has 0 radical (unpaired) electrons. The fourth-order valence-corrected chi connectivity index (χ4v) is 7.52. The largest absolute Gasteiger partial charge is 0.356 e. The van der Waals surface area contributed by atoms with Crippen molar-refractivity contribution >= 4 is 43.2 Å². The van der Waals surface area contributed by atoms with Crippen molar-refractivity contribution in [2.45, 2.75) is 80.4 Å². The van der Waals surface area contributed by atoms with Crippen LogP contribution in [0.3, 0.4) is 0 Å². The van der Waals surface area contributed by atoms with E-state index in [1.54, 1.807) is 12.1 Å². The lowest BCUT2D eigenvalue weighted by Crippen LogP contribution is -2.28. The van der Waals surface area contributed by atoms with Crippen molar-refractivity contribution < 1.29 is 35.3 Å². The summed E-state index contributed by atoms with van der Waals surface area (Å²) in [6.07, 6.45) is 9.07. The number of fused-ring (bicyclic) bond motifs is 2. The Morgan fingerprint density at radius 1 is 0.958 bits per heavy atom. The summed E-state index contributed by atoms with van der Waals surface area (Å²) in [6, 6.07) is 9.18. The summed E-state index contributed by atoms with van der Waals surface area (Å²) in [4.78, 5) is 16.7. The Kier molecular flexibility index (Phi) is 10.9. The molecule has 0 atom stereocenters. The van der Waals surface area contributed by atoms with Crippen LogP contribution >= 0.6 is 0 Å². The van der Waals surface area contributed by atoms with Crippen LogP contribution in [0.25, 0.3) is 10.4 Å². The Morgan fingerprint density at radius 3 is 2.25 bits per heavy atom. The van der Waals surface area contributed by atoms with Crippen LogP contribution in [0.15, 0.2) is 75.2 Å². The number of nitrogens with one attached hydrogen (secondary N) is 1. The van der Waals surface area contributed by atoms with Gasteiger partial charge in [0, 0.05) is 65.5 Å². The maximum atomic E-state index is 12.2. The van der Waals surface area contributed by atoms with Gasteiger partial charge >= 0.3 is 0 Å². The minimum absolute atomic E-state index is 0.0549. The summed E-state index contributed by atoms with van der Waals surface area (Å²) in [5, 5.41) is 6.28. The summed E-state index contributed by atoms with van der Waals surface area (Å²) >= 11 is 0. The molecule has 15 heteroatoms. The van der Waals surface area contributed by atoms with Crippen LogP contribution in [0.2, 0.25) is 0 Å². The summed E-state index contributed by atoms with van der Waals surface area (Å²) in [7, 11) is -6.88. The molecule has 2 aliphatic rings. The van der Waals surface area contributed by atoms with Gasteiger partial charge in [-0.05, 0) is 80.6 Å². The first-order valence-electron chi connectivity index (χ1n) is 15.7. The molecule has 258 valence electrons. The highest BCUT2D eigenvalue weighted by Crippen LogP contribution is 2.49. The van der Waals surface area contributed by atoms with E-state index in [0.717, 1.165) is 46.8 Å².